The first-order chi connectivity index (χ1) is 6.11. The third-order valence-corrected chi connectivity index (χ3v) is 1.62. The zero-order chi connectivity index (χ0) is 9.84. The molecule has 1 heterocycles. The van der Waals surface area contributed by atoms with Crippen LogP contribution in [0.25, 0.3) is 0 Å². The largest absolute Gasteiger partial charge is 0.459 e. The molecule has 0 radical (unpaired) electrons. The summed E-state index contributed by atoms with van der Waals surface area (Å²) < 4.78 is 4.93. The molecule has 4 heteroatoms. The van der Waals surface area contributed by atoms with Gasteiger partial charge in [0.1, 0.15) is 0 Å². The molecule has 1 rings (SSSR count). The molecule has 4 nitrogen and oxygen atoms in total. The van der Waals surface area contributed by atoms with E-state index in [1.54, 1.807) is 26.1 Å². The maximum atomic E-state index is 11.5. The fourth-order valence-corrected chi connectivity index (χ4v) is 1.07. The average molecular weight is 183 g/mol. The molecule has 0 fully saturated rings. The van der Waals surface area contributed by atoms with Crippen molar-refractivity contribution in [3.8, 4) is 0 Å². The van der Waals surface area contributed by atoms with Gasteiger partial charge in [-0.1, -0.05) is 0 Å². The molecule has 1 N–H and O–H groups in total. The number of amides is 1. The highest BCUT2D eigenvalue weighted by Gasteiger charge is 2.15. The molecule has 0 saturated heterocycles. The molecule has 1 aromatic heterocycles. The fourth-order valence-electron chi connectivity index (χ4n) is 1.07. The third-order valence-electron chi connectivity index (χ3n) is 1.62. The third kappa shape index (κ3) is 2.59. The number of aliphatic hydroxyl groups is 1. The van der Waals surface area contributed by atoms with Gasteiger partial charge in [0.05, 0.1) is 12.4 Å². The lowest BCUT2D eigenvalue weighted by Crippen LogP contribution is -2.32. The van der Waals surface area contributed by atoms with E-state index >= 15 is 0 Å². The summed E-state index contributed by atoms with van der Waals surface area (Å²) in [7, 11) is 1.62. The van der Waals surface area contributed by atoms with E-state index in [-0.39, 0.29) is 5.91 Å². The number of hydrogen-bond acceptors (Lipinski definition) is 3. The van der Waals surface area contributed by atoms with Crippen LogP contribution in [0.4, 0.5) is 0 Å². The standard InChI is InChI=1S/C9H13NO3/c1-7(11)6-10(2)9(12)8-4-3-5-13-8/h3-5,7,11H,6H2,1-2H3. The van der Waals surface area contributed by atoms with E-state index in [2.05, 4.69) is 0 Å². The molecule has 0 aromatic carbocycles. The Morgan fingerprint density at radius 2 is 2.46 bits per heavy atom. The molecule has 0 aliphatic carbocycles. The van der Waals surface area contributed by atoms with Gasteiger partial charge in [-0.15, -0.1) is 0 Å². The minimum atomic E-state index is -0.524. The number of nitrogens with zero attached hydrogens (tertiary/aromatic N) is 1. The van der Waals surface area contributed by atoms with E-state index in [0.29, 0.717) is 12.3 Å². The van der Waals surface area contributed by atoms with E-state index in [1.165, 1.54) is 11.2 Å². The number of carbonyl (C=O) groups is 1. The summed E-state index contributed by atoms with van der Waals surface area (Å²) in [6.45, 7) is 1.94. The van der Waals surface area contributed by atoms with Crippen LogP contribution in [-0.2, 0) is 0 Å². The van der Waals surface area contributed by atoms with Crippen LogP contribution in [0, 0.1) is 0 Å². The zero-order valence-corrected chi connectivity index (χ0v) is 7.73. The number of rotatable bonds is 3. The maximum absolute atomic E-state index is 11.5. The van der Waals surface area contributed by atoms with Gasteiger partial charge in [0.15, 0.2) is 5.76 Å². The highest BCUT2D eigenvalue weighted by atomic mass is 16.3. The first-order valence-electron chi connectivity index (χ1n) is 4.08. The number of likely N-dealkylation sites (N-methyl/N-ethyl adjacent to an activating group) is 1. The smallest absolute Gasteiger partial charge is 0.289 e. The van der Waals surface area contributed by atoms with E-state index in [1.807, 2.05) is 0 Å². The molecule has 1 atom stereocenters. The predicted octanol–water partition coefficient (Wildman–Crippen LogP) is 0.732. The van der Waals surface area contributed by atoms with Gasteiger partial charge in [-0.3, -0.25) is 4.79 Å². The topological polar surface area (TPSA) is 53.7 Å². The van der Waals surface area contributed by atoms with Crippen LogP contribution in [-0.4, -0.2) is 35.6 Å². The van der Waals surface area contributed by atoms with Crippen molar-refractivity contribution in [3.05, 3.63) is 24.2 Å². The van der Waals surface area contributed by atoms with Crippen LogP contribution >= 0.6 is 0 Å². The molecule has 0 aliphatic rings. The second-order valence-corrected chi connectivity index (χ2v) is 3.01. The molecule has 1 unspecified atom stereocenters. The van der Waals surface area contributed by atoms with Crippen LogP contribution in [0.5, 0.6) is 0 Å². The molecule has 0 aliphatic heterocycles. The van der Waals surface area contributed by atoms with Crippen molar-refractivity contribution in [2.24, 2.45) is 0 Å². The van der Waals surface area contributed by atoms with Crippen LogP contribution in [0.1, 0.15) is 17.5 Å². The van der Waals surface area contributed by atoms with Gasteiger partial charge in [-0.2, -0.15) is 0 Å². The van der Waals surface area contributed by atoms with Crippen LogP contribution in [0.3, 0.4) is 0 Å². The second kappa shape index (κ2) is 4.09. The average Bonchev–Trinajstić information content (AvgIpc) is 2.53. The van der Waals surface area contributed by atoms with Crippen molar-refractivity contribution in [1.82, 2.24) is 4.90 Å². The van der Waals surface area contributed by atoms with Gasteiger partial charge in [-0.05, 0) is 19.1 Å². The quantitative estimate of drug-likeness (QED) is 0.751. The summed E-state index contributed by atoms with van der Waals surface area (Å²) in [6, 6.07) is 3.25. The highest BCUT2D eigenvalue weighted by Crippen LogP contribution is 2.04. The Labute approximate surface area is 76.8 Å². The van der Waals surface area contributed by atoms with Crippen molar-refractivity contribution in [1.29, 1.82) is 0 Å². The Kier molecular flexibility index (Phi) is 3.08. The van der Waals surface area contributed by atoms with Crippen LogP contribution in [0.15, 0.2) is 22.8 Å². The molecular weight excluding hydrogens is 170 g/mol. The summed E-state index contributed by atoms with van der Waals surface area (Å²) in [6.07, 6.45) is 0.924. The molecule has 0 bridgehead atoms. The number of carbonyl (C=O) groups excluding carboxylic acids is 1. The van der Waals surface area contributed by atoms with Gasteiger partial charge in [0, 0.05) is 13.6 Å². The summed E-state index contributed by atoms with van der Waals surface area (Å²) in [4.78, 5) is 12.9. The van der Waals surface area contributed by atoms with E-state index in [0.717, 1.165) is 0 Å². The summed E-state index contributed by atoms with van der Waals surface area (Å²) in [5.41, 5.74) is 0. The molecule has 0 saturated carbocycles. The molecule has 1 aromatic rings. The first-order valence-corrected chi connectivity index (χ1v) is 4.08. The van der Waals surface area contributed by atoms with Crippen LogP contribution in [0.2, 0.25) is 0 Å². The Balaban J connectivity index is 2.58. The Hall–Kier alpha value is -1.29. The minimum Gasteiger partial charge on any atom is -0.459 e. The molecular formula is C9H13NO3. The zero-order valence-electron chi connectivity index (χ0n) is 7.73. The van der Waals surface area contributed by atoms with Crippen molar-refractivity contribution >= 4 is 5.91 Å². The first kappa shape index (κ1) is 9.80. The van der Waals surface area contributed by atoms with Gasteiger partial charge in [0.2, 0.25) is 0 Å². The van der Waals surface area contributed by atoms with E-state index in [9.17, 15) is 4.79 Å². The monoisotopic (exact) mass is 183 g/mol. The van der Waals surface area contributed by atoms with E-state index in [4.69, 9.17) is 9.52 Å². The maximum Gasteiger partial charge on any atom is 0.289 e. The Morgan fingerprint density at radius 1 is 1.77 bits per heavy atom. The Morgan fingerprint density at radius 3 is 2.92 bits per heavy atom. The van der Waals surface area contributed by atoms with E-state index < -0.39 is 6.10 Å². The van der Waals surface area contributed by atoms with Crippen molar-refractivity contribution in [3.63, 3.8) is 0 Å². The number of furan rings is 1. The van der Waals surface area contributed by atoms with Gasteiger partial charge >= 0.3 is 0 Å². The van der Waals surface area contributed by atoms with Crippen molar-refractivity contribution < 1.29 is 14.3 Å². The molecule has 0 spiro atoms. The van der Waals surface area contributed by atoms with Crippen molar-refractivity contribution in [2.45, 2.75) is 13.0 Å². The van der Waals surface area contributed by atoms with Crippen molar-refractivity contribution in [2.75, 3.05) is 13.6 Å². The normalized spacial score (nSPS) is 12.5. The summed E-state index contributed by atoms with van der Waals surface area (Å²) >= 11 is 0. The van der Waals surface area contributed by atoms with Gasteiger partial charge in [-0.25, -0.2) is 0 Å². The lowest BCUT2D eigenvalue weighted by molar-refractivity contribution is 0.0673. The summed E-state index contributed by atoms with van der Waals surface area (Å²) in [5.74, 6) is 0.0778. The van der Waals surface area contributed by atoms with Crippen LogP contribution < -0.4 is 0 Å². The molecule has 13 heavy (non-hydrogen) atoms. The lowest BCUT2D eigenvalue weighted by atomic mass is 10.3. The molecule has 1 amide bonds. The predicted molar refractivity (Wildman–Crippen MR) is 47.3 cm³/mol. The van der Waals surface area contributed by atoms with Gasteiger partial charge < -0.3 is 14.4 Å². The molecule has 72 valence electrons. The number of aliphatic hydroxyl groups excluding tert-OH is 1. The summed E-state index contributed by atoms with van der Waals surface area (Å²) in [5, 5.41) is 9.04. The fraction of sp³-hybridized carbons (Fsp3) is 0.444. The lowest BCUT2D eigenvalue weighted by Gasteiger charge is -2.16. The SMILES string of the molecule is CC(O)CN(C)C(=O)c1ccco1. The van der Waals surface area contributed by atoms with Gasteiger partial charge in [0.25, 0.3) is 5.91 Å². The Bertz CT molecular complexity index is 266. The minimum absolute atomic E-state index is 0.217. The number of hydrogen-bond donors (Lipinski definition) is 1. The second-order valence-electron chi connectivity index (χ2n) is 3.01. The highest BCUT2D eigenvalue weighted by molar-refractivity contribution is 5.91.